The predicted molar refractivity (Wildman–Crippen MR) is 215 cm³/mol. The Morgan fingerprint density at radius 3 is 2.32 bits per heavy atom. The lowest BCUT2D eigenvalue weighted by molar-refractivity contribution is 0.0957. The Kier molecular flexibility index (Phi) is 9.40. The highest BCUT2D eigenvalue weighted by molar-refractivity contribution is 6.35. The maximum atomic E-state index is 15.3. The molecular formula is C42H46Cl2N6O3. The molecule has 0 saturated heterocycles. The minimum Gasteiger partial charge on any atom is -0.494 e. The van der Waals surface area contributed by atoms with Crippen LogP contribution in [0, 0.1) is 27.7 Å². The zero-order valence-corrected chi connectivity index (χ0v) is 33.3. The fourth-order valence-electron chi connectivity index (χ4n) is 8.28. The third kappa shape index (κ3) is 5.89. The Balaban J connectivity index is 1.42. The number of amides is 2. The van der Waals surface area contributed by atoms with Crippen molar-refractivity contribution in [3.8, 4) is 16.9 Å². The Labute approximate surface area is 320 Å². The molecule has 1 aliphatic rings. The van der Waals surface area contributed by atoms with Crippen molar-refractivity contribution in [1.82, 2.24) is 18.9 Å². The number of hydrogen-bond donors (Lipinski definition) is 1. The number of halogens is 2. The lowest BCUT2D eigenvalue weighted by Crippen LogP contribution is -2.43. The molecule has 3 aromatic carbocycles. The lowest BCUT2D eigenvalue weighted by Gasteiger charge is -2.34. The summed E-state index contributed by atoms with van der Waals surface area (Å²) in [6.45, 7) is 15.1. The second-order valence-corrected chi connectivity index (χ2v) is 15.6. The van der Waals surface area contributed by atoms with Gasteiger partial charge in [0.15, 0.2) is 0 Å². The highest BCUT2D eigenvalue weighted by Crippen LogP contribution is 2.46. The molecule has 3 aromatic heterocycles. The molecule has 11 heteroatoms. The van der Waals surface area contributed by atoms with Gasteiger partial charge < -0.3 is 24.5 Å². The number of rotatable bonds is 9. The van der Waals surface area contributed by atoms with Crippen LogP contribution in [-0.2, 0) is 20.5 Å². The summed E-state index contributed by atoms with van der Waals surface area (Å²) in [4.78, 5) is 30.2. The molecule has 0 bridgehead atoms. The number of fused-ring (bicyclic) bond motifs is 4. The molecule has 0 spiro atoms. The summed E-state index contributed by atoms with van der Waals surface area (Å²) < 4.78 is 12.1. The van der Waals surface area contributed by atoms with Gasteiger partial charge in [-0.2, -0.15) is 5.10 Å². The second kappa shape index (κ2) is 13.6. The van der Waals surface area contributed by atoms with Crippen molar-refractivity contribution < 1.29 is 14.3 Å². The molecule has 53 heavy (non-hydrogen) atoms. The fraction of sp³-hybridized carbons (Fsp3) is 0.357. The van der Waals surface area contributed by atoms with Gasteiger partial charge in [-0.3, -0.25) is 14.3 Å². The Bertz CT molecular complexity index is 2460. The molecular weight excluding hydrogens is 707 g/mol. The molecule has 2 N–H and O–H groups in total. The summed E-state index contributed by atoms with van der Waals surface area (Å²) in [5, 5.41) is 7.84. The maximum absolute atomic E-state index is 15.3. The molecule has 2 amide bonds. The van der Waals surface area contributed by atoms with E-state index >= 15 is 4.79 Å². The maximum Gasteiger partial charge on any atom is 0.275 e. The number of nitrogens with zero attached hydrogens (tertiary/aromatic N) is 5. The van der Waals surface area contributed by atoms with Crippen molar-refractivity contribution in [2.75, 3.05) is 18.1 Å². The molecule has 0 saturated carbocycles. The van der Waals surface area contributed by atoms with E-state index in [9.17, 15) is 4.79 Å². The minimum absolute atomic E-state index is 0.186. The van der Waals surface area contributed by atoms with Gasteiger partial charge in [-0.25, -0.2) is 0 Å². The van der Waals surface area contributed by atoms with Crippen LogP contribution in [0.15, 0.2) is 42.5 Å². The SMILES string of the molecule is Cc1cc(OCCCc2c3n(c4c(-c5c(C)nn(C)c5C)c(Cl)ccc24)[C@H](C)CN(c2c(C(N)=O)n(C)c4ccc(C(C)C)cc24)C3=O)cc(C)c1Cl. The van der Waals surface area contributed by atoms with Crippen LogP contribution in [0.5, 0.6) is 5.75 Å². The first-order valence-electron chi connectivity index (χ1n) is 18.1. The molecule has 0 unspecified atom stereocenters. The van der Waals surface area contributed by atoms with Gasteiger partial charge in [0.05, 0.1) is 34.0 Å². The molecule has 1 aliphatic heterocycles. The summed E-state index contributed by atoms with van der Waals surface area (Å²) in [6.07, 6.45) is 1.22. The van der Waals surface area contributed by atoms with Crippen molar-refractivity contribution in [3.05, 3.63) is 97.5 Å². The van der Waals surface area contributed by atoms with Crippen LogP contribution in [-0.4, -0.2) is 43.9 Å². The van der Waals surface area contributed by atoms with Crippen LogP contribution in [0.25, 0.3) is 32.9 Å². The van der Waals surface area contributed by atoms with E-state index in [0.29, 0.717) is 48.1 Å². The number of carbonyl (C=O) groups excluding carboxylic acids is 2. The summed E-state index contributed by atoms with van der Waals surface area (Å²) in [7, 11) is 3.76. The van der Waals surface area contributed by atoms with E-state index in [-0.39, 0.29) is 17.9 Å². The smallest absolute Gasteiger partial charge is 0.275 e. The van der Waals surface area contributed by atoms with Gasteiger partial charge in [0, 0.05) is 59.3 Å². The Hall–Kier alpha value is -4.73. The van der Waals surface area contributed by atoms with Gasteiger partial charge in [0.2, 0.25) is 0 Å². The zero-order valence-electron chi connectivity index (χ0n) is 31.8. The van der Waals surface area contributed by atoms with Crippen LogP contribution < -0.4 is 15.4 Å². The van der Waals surface area contributed by atoms with Gasteiger partial charge in [0.25, 0.3) is 11.8 Å². The second-order valence-electron chi connectivity index (χ2n) is 14.8. The van der Waals surface area contributed by atoms with Gasteiger partial charge in [-0.05, 0) is 106 Å². The highest BCUT2D eigenvalue weighted by atomic mass is 35.5. The van der Waals surface area contributed by atoms with E-state index in [1.54, 1.807) is 4.90 Å². The Morgan fingerprint density at radius 2 is 1.70 bits per heavy atom. The van der Waals surface area contributed by atoms with E-state index < -0.39 is 5.91 Å². The van der Waals surface area contributed by atoms with Crippen molar-refractivity contribution in [2.24, 2.45) is 19.8 Å². The first-order chi connectivity index (χ1) is 25.1. The standard InChI is InChI=1S/C42H46Cl2N6O3/c1-21(2)27-12-15-33-31(19-27)38(40(41(45)51)47(33)8)49-20-24(5)50-37-30(13-14-32(43)35(37)34-25(6)46-48(9)26(34)7)29(39(50)42(49)52)11-10-16-53-28-17-22(3)36(44)23(4)18-28/h12-15,17-19,21,24H,10-11,16,20H2,1-9H3,(H2,45,51)/t24-/m1/s1. The summed E-state index contributed by atoms with van der Waals surface area (Å²) in [6, 6.07) is 13.8. The van der Waals surface area contributed by atoms with Gasteiger partial charge in [-0.1, -0.05) is 49.2 Å². The van der Waals surface area contributed by atoms with E-state index in [2.05, 4.69) is 37.5 Å². The number of benzene rings is 3. The number of carbonyl (C=O) groups is 2. The van der Waals surface area contributed by atoms with Crippen molar-refractivity contribution in [1.29, 1.82) is 0 Å². The molecule has 7 rings (SSSR count). The van der Waals surface area contributed by atoms with Gasteiger partial charge in [-0.15, -0.1) is 0 Å². The number of aromatic nitrogens is 4. The summed E-state index contributed by atoms with van der Waals surface area (Å²) >= 11 is 13.5. The average molecular weight is 754 g/mol. The third-order valence-corrected chi connectivity index (χ3v) is 11.8. The number of anilines is 1. The van der Waals surface area contributed by atoms with Crippen LogP contribution in [0.2, 0.25) is 10.0 Å². The molecule has 276 valence electrons. The number of nitrogens with two attached hydrogens (primary N) is 1. The zero-order chi connectivity index (χ0) is 38.2. The largest absolute Gasteiger partial charge is 0.494 e. The third-order valence-electron chi connectivity index (χ3n) is 10.9. The Morgan fingerprint density at radius 1 is 1.00 bits per heavy atom. The van der Waals surface area contributed by atoms with Crippen LogP contribution in [0.3, 0.4) is 0 Å². The van der Waals surface area contributed by atoms with Crippen molar-refractivity contribution in [2.45, 2.75) is 73.3 Å². The quantitative estimate of drug-likeness (QED) is 0.149. The molecule has 0 radical (unpaired) electrons. The van der Waals surface area contributed by atoms with E-state index in [1.165, 1.54) is 0 Å². The number of aryl methyl sites for hydroxylation is 6. The number of hydrogen-bond acceptors (Lipinski definition) is 4. The van der Waals surface area contributed by atoms with Crippen LogP contribution in [0.1, 0.15) is 93.8 Å². The number of primary amides is 1. The average Bonchev–Trinajstić information content (AvgIpc) is 3.69. The topological polar surface area (TPSA) is 100 Å². The first-order valence-corrected chi connectivity index (χ1v) is 18.9. The first kappa shape index (κ1) is 36.6. The highest BCUT2D eigenvalue weighted by Gasteiger charge is 2.39. The normalized spacial score (nSPS) is 14.6. The minimum atomic E-state index is -0.585. The van der Waals surface area contributed by atoms with E-state index in [4.69, 9.17) is 38.8 Å². The number of ether oxygens (including phenoxy) is 1. The molecule has 6 aromatic rings. The van der Waals surface area contributed by atoms with Crippen molar-refractivity contribution >= 4 is 62.5 Å². The molecule has 1 atom stereocenters. The molecule has 0 fully saturated rings. The monoisotopic (exact) mass is 752 g/mol. The van der Waals surface area contributed by atoms with Gasteiger partial charge in [0.1, 0.15) is 17.1 Å². The summed E-state index contributed by atoms with van der Waals surface area (Å²) in [5.41, 5.74) is 16.9. The fourth-order valence-corrected chi connectivity index (χ4v) is 8.64. The molecule has 9 nitrogen and oxygen atoms in total. The predicted octanol–water partition coefficient (Wildman–Crippen LogP) is 9.53. The molecule has 4 heterocycles. The van der Waals surface area contributed by atoms with Crippen LogP contribution >= 0.6 is 23.2 Å². The van der Waals surface area contributed by atoms with E-state index in [0.717, 1.165) is 77.3 Å². The van der Waals surface area contributed by atoms with Crippen molar-refractivity contribution in [3.63, 3.8) is 0 Å². The van der Waals surface area contributed by atoms with Crippen LogP contribution in [0.4, 0.5) is 5.69 Å². The van der Waals surface area contributed by atoms with Gasteiger partial charge >= 0.3 is 0 Å². The molecule has 0 aliphatic carbocycles. The lowest BCUT2D eigenvalue weighted by atomic mass is 9.98. The summed E-state index contributed by atoms with van der Waals surface area (Å²) in [5.74, 6) is 0.236. The van der Waals surface area contributed by atoms with E-state index in [1.807, 2.05) is 81.4 Å².